The molecule has 2 N–H and O–H groups in total. The quantitative estimate of drug-likeness (QED) is 0.472. The molecule has 1 aliphatic rings. The minimum atomic E-state index is -0.920. The number of carbonyl (C=O) groups is 4. The molecule has 0 radical (unpaired) electrons. The summed E-state index contributed by atoms with van der Waals surface area (Å²) in [6.45, 7) is 14.8. The van der Waals surface area contributed by atoms with Crippen LogP contribution in [0.4, 0.5) is 4.79 Å². The Morgan fingerprint density at radius 1 is 1.11 bits per heavy atom. The smallest absolute Gasteiger partial charge is 0.408 e. The first-order valence-electron chi connectivity index (χ1n) is 12.6. The Bertz CT molecular complexity index is 950. The molecule has 3 amide bonds. The monoisotopic (exact) mass is 503 g/mol. The first-order chi connectivity index (χ1) is 16.7. The zero-order valence-electron chi connectivity index (χ0n) is 22.8. The minimum Gasteiger partial charge on any atom is -0.466 e. The van der Waals surface area contributed by atoms with Crippen LogP contribution >= 0.6 is 0 Å². The Kier molecular flexibility index (Phi) is 9.90. The third-order valence-corrected chi connectivity index (χ3v) is 5.80. The highest BCUT2D eigenvalue weighted by atomic mass is 16.6. The Morgan fingerprint density at radius 2 is 1.69 bits per heavy atom. The van der Waals surface area contributed by atoms with Gasteiger partial charge in [0.2, 0.25) is 11.8 Å². The maximum Gasteiger partial charge on any atom is 0.408 e. The van der Waals surface area contributed by atoms with Crippen molar-refractivity contribution in [1.82, 2.24) is 15.5 Å². The summed E-state index contributed by atoms with van der Waals surface area (Å²) >= 11 is 0. The molecule has 0 heterocycles. The van der Waals surface area contributed by atoms with Gasteiger partial charge >= 0.3 is 12.1 Å². The summed E-state index contributed by atoms with van der Waals surface area (Å²) < 4.78 is 10.3. The van der Waals surface area contributed by atoms with E-state index < -0.39 is 29.7 Å². The lowest BCUT2D eigenvalue weighted by Crippen LogP contribution is -2.53. The molecule has 0 saturated heterocycles. The van der Waals surface area contributed by atoms with E-state index in [4.69, 9.17) is 9.47 Å². The summed E-state index contributed by atoms with van der Waals surface area (Å²) in [5.41, 5.74) is 1.90. The van der Waals surface area contributed by atoms with Crippen molar-refractivity contribution in [3.05, 3.63) is 34.9 Å². The van der Waals surface area contributed by atoms with E-state index in [1.54, 1.807) is 39.5 Å². The van der Waals surface area contributed by atoms with Gasteiger partial charge in [0.25, 0.3) is 0 Å². The van der Waals surface area contributed by atoms with Gasteiger partial charge < -0.3 is 25.0 Å². The average Bonchev–Trinajstić information content (AvgIpc) is 3.44. The van der Waals surface area contributed by atoms with Gasteiger partial charge in [0.15, 0.2) is 0 Å². The highest BCUT2D eigenvalue weighted by Gasteiger charge is 2.47. The molecule has 1 fully saturated rings. The Labute approximate surface area is 214 Å². The fraction of sp³-hybridized carbons (Fsp3) is 0.630. The summed E-state index contributed by atoms with van der Waals surface area (Å²) in [4.78, 5) is 53.0. The van der Waals surface area contributed by atoms with E-state index in [0.717, 1.165) is 17.5 Å². The Morgan fingerprint density at radius 3 is 2.19 bits per heavy atom. The van der Waals surface area contributed by atoms with Crippen molar-refractivity contribution in [2.24, 2.45) is 5.92 Å². The molecule has 0 bridgehead atoms. The van der Waals surface area contributed by atoms with Crippen molar-refractivity contribution in [1.29, 1.82) is 0 Å². The van der Waals surface area contributed by atoms with E-state index in [1.807, 2.05) is 39.0 Å². The number of nitrogens with zero attached hydrogens (tertiary/aromatic N) is 1. The van der Waals surface area contributed by atoms with Crippen molar-refractivity contribution in [3.63, 3.8) is 0 Å². The van der Waals surface area contributed by atoms with Crippen LogP contribution in [-0.4, -0.2) is 59.6 Å². The molecule has 4 unspecified atom stereocenters. The molecule has 0 spiro atoms. The number of alkyl carbamates (subject to hydrolysis) is 1. The number of carbonyl (C=O) groups excluding carboxylic acids is 4. The predicted molar refractivity (Wildman–Crippen MR) is 136 cm³/mol. The Hall–Kier alpha value is -3.10. The van der Waals surface area contributed by atoms with Crippen LogP contribution in [0.15, 0.2) is 18.2 Å². The molecular weight excluding hydrogens is 462 g/mol. The average molecular weight is 504 g/mol. The van der Waals surface area contributed by atoms with Gasteiger partial charge in [0.1, 0.15) is 17.7 Å². The number of rotatable bonds is 10. The molecule has 1 aromatic carbocycles. The van der Waals surface area contributed by atoms with Gasteiger partial charge in [-0.2, -0.15) is 0 Å². The van der Waals surface area contributed by atoms with Crippen molar-refractivity contribution in [3.8, 4) is 0 Å². The zero-order chi connectivity index (χ0) is 27.2. The standard InChI is InChI=1S/C27H41N3O6/c1-9-35-22(31)10-11-28-24(32)23(20-13-16(2)12-17(3)14-20)30(21-15-18(21)4)25(33)19(5)29-26(34)36-27(6,7)8/h12-14,18-19,21,23H,9-11,15H2,1-8H3,(H,28,32)(H,29,34). The van der Waals surface area contributed by atoms with Gasteiger partial charge in [-0.1, -0.05) is 36.2 Å². The number of amides is 3. The molecule has 2 rings (SSSR count). The lowest BCUT2D eigenvalue weighted by molar-refractivity contribution is -0.144. The van der Waals surface area contributed by atoms with Crippen molar-refractivity contribution in [2.75, 3.05) is 13.2 Å². The maximum absolute atomic E-state index is 13.7. The van der Waals surface area contributed by atoms with Crippen LogP contribution in [0.5, 0.6) is 0 Å². The number of ether oxygens (including phenoxy) is 2. The maximum atomic E-state index is 13.7. The first kappa shape index (κ1) is 29.1. The molecule has 200 valence electrons. The van der Waals surface area contributed by atoms with Crippen LogP contribution in [-0.2, 0) is 23.9 Å². The zero-order valence-corrected chi connectivity index (χ0v) is 22.8. The van der Waals surface area contributed by atoms with Crippen molar-refractivity contribution >= 4 is 23.9 Å². The lowest BCUT2D eigenvalue weighted by atomic mass is 9.98. The van der Waals surface area contributed by atoms with Gasteiger partial charge in [-0.05, 0) is 66.4 Å². The highest BCUT2D eigenvalue weighted by molar-refractivity contribution is 5.92. The number of aryl methyl sites for hydroxylation is 2. The summed E-state index contributed by atoms with van der Waals surface area (Å²) in [7, 11) is 0. The molecule has 4 atom stereocenters. The highest BCUT2D eigenvalue weighted by Crippen LogP contribution is 2.41. The van der Waals surface area contributed by atoms with Gasteiger partial charge in [0, 0.05) is 12.6 Å². The second-order valence-electron chi connectivity index (χ2n) is 10.6. The number of hydrogen-bond donors (Lipinski definition) is 2. The third-order valence-electron chi connectivity index (χ3n) is 5.80. The molecule has 0 aromatic heterocycles. The van der Waals surface area contributed by atoms with E-state index in [-0.39, 0.29) is 43.3 Å². The largest absolute Gasteiger partial charge is 0.466 e. The third kappa shape index (κ3) is 8.53. The van der Waals surface area contributed by atoms with E-state index in [2.05, 4.69) is 10.6 Å². The van der Waals surface area contributed by atoms with E-state index in [0.29, 0.717) is 5.56 Å². The van der Waals surface area contributed by atoms with Crippen LogP contribution < -0.4 is 10.6 Å². The van der Waals surface area contributed by atoms with Crippen LogP contribution in [0.1, 0.15) is 77.1 Å². The van der Waals surface area contributed by atoms with Crippen LogP contribution in [0.2, 0.25) is 0 Å². The molecule has 9 heteroatoms. The molecule has 0 aliphatic heterocycles. The second kappa shape index (κ2) is 12.2. The van der Waals surface area contributed by atoms with Crippen LogP contribution in [0.3, 0.4) is 0 Å². The molecule has 36 heavy (non-hydrogen) atoms. The van der Waals surface area contributed by atoms with Gasteiger partial charge in [-0.15, -0.1) is 0 Å². The number of hydrogen-bond acceptors (Lipinski definition) is 6. The normalized spacial score (nSPS) is 18.4. The molecule has 1 aliphatic carbocycles. The molecule has 1 aromatic rings. The van der Waals surface area contributed by atoms with Crippen LogP contribution in [0.25, 0.3) is 0 Å². The fourth-order valence-corrected chi connectivity index (χ4v) is 4.17. The van der Waals surface area contributed by atoms with Gasteiger partial charge in [0.05, 0.1) is 13.0 Å². The lowest BCUT2D eigenvalue weighted by Gasteiger charge is -2.34. The van der Waals surface area contributed by atoms with E-state index >= 15 is 0 Å². The number of esters is 1. The van der Waals surface area contributed by atoms with Gasteiger partial charge in [-0.25, -0.2) is 4.79 Å². The summed E-state index contributed by atoms with van der Waals surface area (Å²) in [5.74, 6) is -0.954. The predicted octanol–water partition coefficient (Wildman–Crippen LogP) is 3.56. The SMILES string of the molecule is CCOC(=O)CCNC(=O)C(c1cc(C)cc(C)c1)N(C(=O)C(C)NC(=O)OC(C)(C)C)C1CC1C. The minimum absolute atomic E-state index is 0.0313. The second-order valence-corrected chi connectivity index (χ2v) is 10.6. The fourth-order valence-electron chi connectivity index (χ4n) is 4.17. The summed E-state index contributed by atoms with van der Waals surface area (Å²) in [5, 5.41) is 5.42. The number of nitrogens with one attached hydrogen (secondary N) is 2. The van der Waals surface area contributed by atoms with Crippen molar-refractivity contribution < 1.29 is 28.7 Å². The molecule has 1 saturated carbocycles. The van der Waals surface area contributed by atoms with E-state index in [1.165, 1.54) is 0 Å². The molecular formula is C27H41N3O6. The summed E-state index contributed by atoms with van der Waals surface area (Å²) in [6.07, 6.45) is 0.0835. The Balaban J connectivity index is 2.35. The van der Waals surface area contributed by atoms with Gasteiger partial charge in [-0.3, -0.25) is 14.4 Å². The van der Waals surface area contributed by atoms with Crippen molar-refractivity contribution in [2.45, 2.75) is 92.0 Å². The summed E-state index contributed by atoms with van der Waals surface area (Å²) in [6, 6.07) is 3.80. The molecule has 9 nitrogen and oxygen atoms in total. The van der Waals surface area contributed by atoms with E-state index in [9.17, 15) is 19.2 Å². The topological polar surface area (TPSA) is 114 Å². The first-order valence-corrected chi connectivity index (χ1v) is 12.6. The van der Waals surface area contributed by atoms with Crippen LogP contribution in [0, 0.1) is 19.8 Å². The number of benzene rings is 1.